The van der Waals surface area contributed by atoms with Crippen LogP contribution in [0.15, 0.2) is 60.9 Å². The Kier molecular flexibility index (Phi) is 2.52. The summed E-state index contributed by atoms with van der Waals surface area (Å²) in [6.45, 7) is 0. The number of nitrogens with zero attached hydrogens (tertiary/aromatic N) is 6. The number of hydrogen-bond donors (Lipinski definition) is 0. The largest absolute Gasteiger partial charge is 0.237 e. The Labute approximate surface area is 146 Å². The van der Waals surface area contributed by atoms with Crippen molar-refractivity contribution in [2.45, 2.75) is 0 Å². The standard InChI is InChI=1S/C20H10N6/c1-3-11-7-13-9-15-10-14-8-12-4-2-6-22-17(12)24-19(14)26-20(15)25-18(13)23-16(11)21-5-1/h1-10H. The first-order valence-corrected chi connectivity index (χ1v) is 8.22. The fourth-order valence-electron chi connectivity index (χ4n) is 3.28. The van der Waals surface area contributed by atoms with E-state index < -0.39 is 0 Å². The van der Waals surface area contributed by atoms with E-state index in [4.69, 9.17) is 0 Å². The number of aromatic nitrogens is 6. The molecule has 6 nitrogen and oxygen atoms in total. The van der Waals surface area contributed by atoms with Gasteiger partial charge in [-0.15, -0.1) is 0 Å². The van der Waals surface area contributed by atoms with E-state index in [9.17, 15) is 0 Å². The quantitative estimate of drug-likeness (QED) is 0.393. The summed E-state index contributed by atoms with van der Waals surface area (Å²) in [4.78, 5) is 27.0. The lowest BCUT2D eigenvalue weighted by atomic mass is 10.1. The van der Waals surface area contributed by atoms with Crippen molar-refractivity contribution in [2.24, 2.45) is 0 Å². The molecule has 0 saturated heterocycles. The zero-order valence-electron chi connectivity index (χ0n) is 13.5. The molecular formula is C20H10N6. The van der Waals surface area contributed by atoms with Crippen LogP contribution in [-0.2, 0) is 0 Å². The lowest BCUT2D eigenvalue weighted by molar-refractivity contribution is 1.25. The molecule has 120 valence electrons. The van der Waals surface area contributed by atoms with Gasteiger partial charge in [0.1, 0.15) is 0 Å². The highest BCUT2D eigenvalue weighted by atomic mass is 15.0. The number of rotatable bonds is 0. The van der Waals surface area contributed by atoms with Crippen LogP contribution >= 0.6 is 0 Å². The first-order valence-electron chi connectivity index (χ1n) is 8.22. The normalized spacial score (nSPS) is 11.8. The Balaban J connectivity index is 1.72. The molecule has 26 heavy (non-hydrogen) atoms. The predicted octanol–water partition coefficient (Wildman–Crippen LogP) is 3.82. The van der Waals surface area contributed by atoms with E-state index in [0.717, 1.165) is 26.9 Å². The first-order chi connectivity index (χ1) is 12.8. The van der Waals surface area contributed by atoms with Gasteiger partial charge in [0.05, 0.1) is 0 Å². The van der Waals surface area contributed by atoms with E-state index in [1.165, 1.54) is 0 Å². The van der Waals surface area contributed by atoms with E-state index >= 15 is 0 Å². The fraction of sp³-hybridized carbons (Fsp3) is 0. The molecule has 0 amide bonds. The van der Waals surface area contributed by atoms with Crippen LogP contribution in [0.5, 0.6) is 0 Å². The molecule has 0 atom stereocenters. The third kappa shape index (κ3) is 1.92. The second-order valence-electron chi connectivity index (χ2n) is 6.19. The smallest absolute Gasteiger partial charge is 0.164 e. The van der Waals surface area contributed by atoms with E-state index in [2.05, 4.69) is 54.2 Å². The van der Waals surface area contributed by atoms with Crippen molar-refractivity contribution < 1.29 is 0 Å². The van der Waals surface area contributed by atoms with Crippen LogP contribution in [0.4, 0.5) is 0 Å². The molecule has 0 spiro atoms. The zero-order valence-corrected chi connectivity index (χ0v) is 13.5. The van der Waals surface area contributed by atoms with Crippen LogP contribution in [0, 0.1) is 0 Å². The Morgan fingerprint density at radius 1 is 0.423 bits per heavy atom. The molecule has 0 unspecified atom stereocenters. The van der Waals surface area contributed by atoms with Gasteiger partial charge in [0.25, 0.3) is 0 Å². The van der Waals surface area contributed by atoms with Gasteiger partial charge in [-0.2, -0.15) is 0 Å². The van der Waals surface area contributed by atoms with Gasteiger partial charge in [-0.25, -0.2) is 29.9 Å². The minimum atomic E-state index is 0.621. The van der Waals surface area contributed by atoms with Gasteiger partial charge in [-0.1, -0.05) is 0 Å². The monoisotopic (exact) mass is 334 g/mol. The summed E-state index contributed by atoms with van der Waals surface area (Å²) in [6, 6.07) is 16.1. The second-order valence-corrected chi connectivity index (χ2v) is 6.19. The molecule has 0 aromatic carbocycles. The second kappa shape index (κ2) is 4.86. The first kappa shape index (κ1) is 13.5. The zero-order chi connectivity index (χ0) is 17.1. The average Bonchev–Trinajstić information content (AvgIpc) is 2.67. The number of pyridine rings is 6. The maximum atomic E-state index is 4.64. The van der Waals surface area contributed by atoms with E-state index in [0.29, 0.717) is 28.2 Å². The van der Waals surface area contributed by atoms with Gasteiger partial charge in [0, 0.05) is 39.3 Å². The lowest BCUT2D eigenvalue weighted by Crippen LogP contribution is -1.93. The maximum Gasteiger partial charge on any atom is 0.164 e. The highest BCUT2D eigenvalue weighted by Crippen LogP contribution is 2.24. The van der Waals surface area contributed by atoms with Crippen molar-refractivity contribution in [3.8, 4) is 0 Å². The number of fused-ring (bicyclic) bond motifs is 5. The highest BCUT2D eigenvalue weighted by molar-refractivity contribution is 6.00. The lowest BCUT2D eigenvalue weighted by Gasteiger charge is -2.05. The van der Waals surface area contributed by atoms with E-state index in [1.54, 1.807) is 12.4 Å². The van der Waals surface area contributed by atoms with Crippen molar-refractivity contribution in [3.05, 3.63) is 60.9 Å². The topological polar surface area (TPSA) is 77.3 Å². The highest BCUT2D eigenvalue weighted by Gasteiger charge is 2.08. The molecule has 6 aromatic rings. The van der Waals surface area contributed by atoms with Crippen LogP contribution in [-0.4, -0.2) is 29.9 Å². The molecule has 0 aliphatic heterocycles. The van der Waals surface area contributed by atoms with E-state index in [-0.39, 0.29) is 0 Å². The fourth-order valence-corrected chi connectivity index (χ4v) is 3.28. The van der Waals surface area contributed by atoms with Crippen molar-refractivity contribution in [3.63, 3.8) is 0 Å². The maximum absolute atomic E-state index is 4.64. The molecule has 0 bridgehead atoms. The van der Waals surface area contributed by atoms with Gasteiger partial charge in [-0.3, -0.25) is 0 Å². The van der Waals surface area contributed by atoms with Crippen LogP contribution in [0.1, 0.15) is 0 Å². The summed E-state index contributed by atoms with van der Waals surface area (Å²) in [5, 5.41) is 4.88. The minimum absolute atomic E-state index is 0.621. The molecule has 6 heterocycles. The summed E-state index contributed by atoms with van der Waals surface area (Å²) in [7, 11) is 0. The van der Waals surface area contributed by atoms with Crippen molar-refractivity contribution in [1.82, 2.24) is 29.9 Å². The van der Waals surface area contributed by atoms with Gasteiger partial charge in [-0.05, 0) is 48.5 Å². The van der Waals surface area contributed by atoms with Gasteiger partial charge >= 0.3 is 0 Å². The summed E-state index contributed by atoms with van der Waals surface area (Å²) in [6.07, 6.45) is 3.46. The molecule has 6 heteroatoms. The molecule has 0 aliphatic carbocycles. The minimum Gasteiger partial charge on any atom is -0.237 e. The average molecular weight is 334 g/mol. The molecule has 0 radical (unpaired) electrons. The van der Waals surface area contributed by atoms with Crippen molar-refractivity contribution >= 4 is 55.2 Å². The third-order valence-electron chi connectivity index (χ3n) is 4.50. The Morgan fingerprint density at radius 3 is 1.27 bits per heavy atom. The molecule has 0 saturated carbocycles. The molecule has 6 rings (SSSR count). The molecular weight excluding hydrogens is 324 g/mol. The molecule has 6 aromatic heterocycles. The van der Waals surface area contributed by atoms with Crippen LogP contribution in [0.2, 0.25) is 0 Å². The predicted molar refractivity (Wildman–Crippen MR) is 101 cm³/mol. The Hall–Kier alpha value is -3.80. The van der Waals surface area contributed by atoms with Crippen LogP contribution in [0.3, 0.4) is 0 Å². The molecule has 0 N–H and O–H groups in total. The van der Waals surface area contributed by atoms with Crippen molar-refractivity contribution in [2.75, 3.05) is 0 Å². The Morgan fingerprint density at radius 2 is 0.808 bits per heavy atom. The number of hydrogen-bond acceptors (Lipinski definition) is 6. The summed E-state index contributed by atoms with van der Waals surface area (Å²) < 4.78 is 0. The van der Waals surface area contributed by atoms with Crippen LogP contribution < -0.4 is 0 Å². The Bertz CT molecular complexity index is 1270. The van der Waals surface area contributed by atoms with Gasteiger partial charge in [0.2, 0.25) is 0 Å². The SMILES string of the molecule is c1cnc2nc3nc4nc5nc6ncccc6cc5cc4cc3cc2c1. The molecule has 0 fully saturated rings. The van der Waals surface area contributed by atoms with Gasteiger partial charge < -0.3 is 0 Å². The summed E-state index contributed by atoms with van der Waals surface area (Å²) >= 11 is 0. The molecule has 0 aliphatic rings. The van der Waals surface area contributed by atoms with Crippen LogP contribution in [0.25, 0.3) is 55.2 Å². The van der Waals surface area contributed by atoms with E-state index in [1.807, 2.05) is 24.3 Å². The third-order valence-corrected chi connectivity index (χ3v) is 4.50. The van der Waals surface area contributed by atoms with Crippen molar-refractivity contribution in [1.29, 1.82) is 0 Å². The van der Waals surface area contributed by atoms with Gasteiger partial charge in [0.15, 0.2) is 28.2 Å². The summed E-state index contributed by atoms with van der Waals surface area (Å²) in [5.41, 5.74) is 3.25. The summed E-state index contributed by atoms with van der Waals surface area (Å²) in [5.74, 6) is 0.